The number of likely N-dealkylation sites (tertiary alicyclic amines) is 1. The summed E-state index contributed by atoms with van der Waals surface area (Å²) in [5.74, 6) is 0.623. The SMILES string of the molecule is COc1ccccc1C(C)N1CC(=O)CC1=O. The zero-order chi connectivity index (χ0) is 12.4. The van der Waals surface area contributed by atoms with Crippen LogP contribution in [0.5, 0.6) is 5.75 Å². The molecule has 1 fully saturated rings. The van der Waals surface area contributed by atoms with E-state index in [1.54, 1.807) is 12.0 Å². The van der Waals surface area contributed by atoms with E-state index in [9.17, 15) is 9.59 Å². The molecule has 1 aromatic rings. The minimum Gasteiger partial charge on any atom is -0.496 e. The summed E-state index contributed by atoms with van der Waals surface area (Å²) in [4.78, 5) is 24.5. The molecule has 0 radical (unpaired) electrons. The molecule has 0 bridgehead atoms. The lowest BCUT2D eigenvalue weighted by atomic mass is 10.1. The topological polar surface area (TPSA) is 46.6 Å². The summed E-state index contributed by atoms with van der Waals surface area (Å²) in [5.41, 5.74) is 0.929. The number of methoxy groups -OCH3 is 1. The van der Waals surface area contributed by atoms with E-state index in [1.165, 1.54) is 0 Å². The van der Waals surface area contributed by atoms with Crippen LogP contribution in [0.3, 0.4) is 0 Å². The van der Waals surface area contributed by atoms with Crippen molar-refractivity contribution >= 4 is 11.7 Å². The van der Waals surface area contributed by atoms with Gasteiger partial charge in [-0.15, -0.1) is 0 Å². The van der Waals surface area contributed by atoms with E-state index >= 15 is 0 Å². The molecule has 4 nitrogen and oxygen atoms in total. The van der Waals surface area contributed by atoms with Crippen LogP contribution in [-0.4, -0.2) is 30.2 Å². The highest BCUT2D eigenvalue weighted by molar-refractivity contribution is 6.05. The summed E-state index contributed by atoms with van der Waals surface area (Å²) >= 11 is 0. The first kappa shape index (κ1) is 11.6. The van der Waals surface area contributed by atoms with Crippen molar-refractivity contribution in [1.29, 1.82) is 0 Å². The van der Waals surface area contributed by atoms with Crippen molar-refractivity contribution in [3.05, 3.63) is 29.8 Å². The number of Topliss-reactive ketones (excluding diaryl/α,β-unsaturated/α-hetero) is 1. The fourth-order valence-electron chi connectivity index (χ4n) is 2.14. The molecule has 17 heavy (non-hydrogen) atoms. The van der Waals surface area contributed by atoms with Crippen LogP contribution >= 0.6 is 0 Å². The number of carbonyl (C=O) groups is 2. The Balaban J connectivity index is 2.27. The van der Waals surface area contributed by atoms with E-state index in [2.05, 4.69) is 0 Å². The van der Waals surface area contributed by atoms with E-state index in [4.69, 9.17) is 4.74 Å². The van der Waals surface area contributed by atoms with Crippen LogP contribution < -0.4 is 4.74 Å². The molecule has 1 saturated heterocycles. The first-order valence-corrected chi connectivity index (χ1v) is 5.57. The van der Waals surface area contributed by atoms with Crippen molar-refractivity contribution in [1.82, 2.24) is 4.90 Å². The van der Waals surface area contributed by atoms with Crippen LogP contribution in [0.4, 0.5) is 0 Å². The third-order valence-corrected chi connectivity index (χ3v) is 3.07. The Labute approximate surface area is 100 Å². The van der Waals surface area contributed by atoms with Crippen LogP contribution in [0.15, 0.2) is 24.3 Å². The average molecular weight is 233 g/mol. The molecule has 1 aliphatic heterocycles. The van der Waals surface area contributed by atoms with E-state index in [1.807, 2.05) is 31.2 Å². The summed E-state index contributed by atoms with van der Waals surface area (Å²) in [7, 11) is 1.60. The summed E-state index contributed by atoms with van der Waals surface area (Å²) in [5, 5.41) is 0. The van der Waals surface area contributed by atoms with Gasteiger partial charge in [0.25, 0.3) is 0 Å². The van der Waals surface area contributed by atoms with Gasteiger partial charge in [-0.05, 0) is 13.0 Å². The second-order valence-corrected chi connectivity index (χ2v) is 4.16. The fourth-order valence-corrected chi connectivity index (χ4v) is 2.14. The molecule has 0 N–H and O–H groups in total. The van der Waals surface area contributed by atoms with E-state index < -0.39 is 0 Å². The van der Waals surface area contributed by atoms with Crippen molar-refractivity contribution in [2.45, 2.75) is 19.4 Å². The lowest BCUT2D eigenvalue weighted by molar-refractivity contribution is -0.129. The largest absolute Gasteiger partial charge is 0.496 e. The van der Waals surface area contributed by atoms with Crippen LogP contribution in [0.2, 0.25) is 0 Å². The van der Waals surface area contributed by atoms with Crippen LogP contribution in [0.25, 0.3) is 0 Å². The molecular formula is C13H15NO3. The number of amides is 1. The van der Waals surface area contributed by atoms with Crippen molar-refractivity contribution in [2.24, 2.45) is 0 Å². The summed E-state index contributed by atoms with van der Waals surface area (Å²) in [6, 6.07) is 7.42. The van der Waals surface area contributed by atoms with Crippen LogP contribution in [-0.2, 0) is 9.59 Å². The van der Waals surface area contributed by atoms with Gasteiger partial charge in [0.1, 0.15) is 5.75 Å². The number of hydrogen-bond donors (Lipinski definition) is 0. The van der Waals surface area contributed by atoms with Gasteiger partial charge in [-0.2, -0.15) is 0 Å². The highest BCUT2D eigenvalue weighted by Gasteiger charge is 2.32. The number of rotatable bonds is 3. The Morgan fingerprint density at radius 3 is 2.59 bits per heavy atom. The Morgan fingerprint density at radius 2 is 2.00 bits per heavy atom. The predicted octanol–water partition coefficient (Wildman–Crippen LogP) is 1.56. The molecule has 0 spiro atoms. The Hall–Kier alpha value is -1.84. The highest BCUT2D eigenvalue weighted by atomic mass is 16.5. The first-order chi connectivity index (χ1) is 8.13. The number of hydrogen-bond acceptors (Lipinski definition) is 3. The molecule has 2 rings (SSSR count). The number of ether oxygens (including phenoxy) is 1. The van der Waals surface area contributed by atoms with Gasteiger partial charge in [-0.25, -0.2) is 0 Å². The maximum Gasteiger partial charge on any atom is 0.231 e. The van der Waals surface area contributed by atoms with Gasteiger partial charge in [-0.1, -0.05) is 18.2 Å². The lowest BCUT2D eigenvalue weighted by Gasteiger charge is -2.25. The van der Waals surface area contributed by atoms with Crippen molar-refractivity contribution in [3.63, 3.8) is 0 Å². The quantitative estimate of drug-likeness (QED) is 0.744. The Morgan fingerprint density at radius 1 is 1.29 bits per heavy atom. The minimum absolute atomic E-state index is 0.0169. The smallest absolute Gasteiger partial charge is 0.231 e. The van der Waals surface area contributed by atoms with Crippen molar-refractivity contribution in [3.8, 4) is 5.75 Å². The van der Waals surface area contributed by atoms with Crippen LogP contribution in [0, 0.1) is 0 Å². The monoisotopic (exact) mass is 233 g/mol. The van der Waals surface area contributed by atoms with E-state index in [0.717, 1.165) is 11.3 Å². The standard InChI is InChI=1S/C13H15NO3/c1-9(14-8-10(15)7-13(14)16)11-5-3-4-6-12(11)17-2/h3-6,9H,7-8H2,1-2H3. The highest BCUT2D eigenvalue weighted by Crippen LogP contribution is 2.30. The zero-order valence-corrected chi connectivity index (χ0v) is 9.97. The molecule has 0 aliphatic carbocycles. The Bertz CT molecular complexity index is 456. The molecule has 4 heteroatoms. The summed E-state index contributed by atoms with van der Waals surface area (Å²) in [6.07, 6.45) is 0.0273. The Kier molecular flexibility index (Phi) is 3.13. The second kappa shape index (κ2) is 4.57. The molecule has 1 amide bonds. The maximum absolute atomic E-state index is 11.7. The van der Waals surface area contributed by atoms with Crippen molar-refractivity contribution < 1.29 is 14.3 Å². The third-order valence-electron chi connectivity index (χ3n) is 3.07. The molecule has 0 aromatic heterocycles. The number of para-hydroxylation sites is 1. The number of ketones is 1. The molecule has 1 atom stereocenters. The summed E-state index contributed by atoms with van der Waals surface area (Å²) < 4.78 is 5.27. The molecular weight excluding hydrogens is 218 g/mol. The number of carbonyl (C=O) groups excluding carboxylic acids is 2. The number of nitrogens with zero attached hydrogens (tertiary/aromatic N) is 1. The van der Waals surface area contributed by atoms with Crippen molar-refractivity contribution in [2.75, 3.05) is 13.7 Å². The van der Waals surface area contributed by atoms with E-state index in [-0.39, 0.29) is 30.7 Å². The van der Waals surface area contributed by atoms with Gasteiger partial charge in [-0.3, -0.25) is 9.59 Å². The average Bonchev–Trinajstić information content (AvgIpc) is 2.67. The van der Waals surface area contributed by atoms with Gasteiger partial charge in [0, 0.05) is 5.56 Å². The van der Waals surface area contributed by atoms with Gasteiger partial charge in [0.2, 0.25) is 5.91 Å². The molecule has 0 saturated carbocycles. The summed E-state index contributed by atoms with van der Waals surface area (Å²) in [6.45, 7) is 2.12. The van der Waals surface area contributed by atoms with Gasteiger partial charge in [0.15, 0.2) is 5.78 Å². The lowest BCUT2D eigenvalue weighted by Crippen LogP contribution is -2.28. The minimum atomic E-state index is -0.134. The number of benzene rings is 1. The molecule has 1 heterocycles. The first-order valence-electron chi connectivity index (χ1n) is 5.57. The predicted molar refractivity (Wildman–Crippen MR) is 62.7 cm³/mol. The van der Waals surface area contributed by atoms with E-state index in [0.29, 0.717) is 0 Å². The van der Waals surface area contributed by atoms with Crippen LogP contribution in [0.1, 0.15) is 24.9 Å². The van der Waals surface area contributed by atoms with Gasteiger partial charge >= 0.3 is 0 Å². The molecule has 1 aromatic carbocycles. The molecule has 90 valence electrons. The third kappa shape index (κ3) is 2.16. The van der Waals surface area contributed by atoms with Gasteiger partial charge < -0.3 is 9.64 Å². The zero-order valence-electron chi connectivity index (χ0n) is 9.97. The fraction of sp³-hybridized carbons (Fsp3) is 0.385. The second-order valence-electron chi connectivity index (χ2n) is 4.16. The molecule has 1 aliphatic rings. The van der Waals surface area contributed by atoms with Gasteiger partial charge in [0.05, 0.1) is 26.1 Å². The maximum atomic E-state index is 11.7. The molecule has 1 unspecified atom stereocenters. The normalized spacial score (nSPS) is 17.4.